The molecule has 100 valence electrons. The van der Waals surface area contributed by atoms with Gasteiger partial charge < -0.3 is 20.3 Å². The molecule has 4 nitrogen and oxygen atoms in total. The zero-order chi connectivity index (χ0) is 13.8. The van der Waals surface area contributed by atoms with E-state index in [0.717, 1.165) is 16.9 Å². The molecule has 0 aliphatic rings. The summed E-state index contributed by atoms with van der Waals surface area (Å²) < 4.78 is 10.5. The third-order valence-electron chi connectivity index (χ3n) is 3.02. The van der Waals surface area contributed by atoms with Gasteiger partial charge in [-0.15, -0.1) is 0 Å². The highest BCUT2D eigenvalue weighted by Gasteiger charge is 2.09. The van der Waals surface area contributed by atoms with E-state index in [0.29, 0.717) is 11.3 Å². The number of hydrogen-bond donors (Lipinski definition) is 2. The highest BCUT2D eigenvalue weighted by molar-refractivity contribution is 5.72. The second-order valence-corrected chi connectivity index (χ2v) is 4.11. The average molecular weight is 259 g/mol. The molecule has 0 unspecified atom stereocenters. The van der Waals surface area contributed by atoms with Crippen LogP contribution < -0.4 is 15.2 Å². The van der Waals surface area contributed by atoms with Crippen molar-refractivity contribution in [1.82, 2.24) is 0 Å². The molecule has 0 aliphatic heterocycles. The van der Waals surface area contributed by atoms with Gasteiger partial charge in [-0.3, -0.25) is 0 Å². The predicted molar refractivity (Wildman–Crippen MR) is 74.5 cm³/mol. The molecule has 0 aromatic heterocycles. The summed E-state index contributed by atoms with van der Waals surface area (Å²) in [4.78, 5) is 0. The van der Waals surface area contributed by atoms with Gasteiger partial charge in [0.05, 0.1) is 14.2 Å². The molecule has 0 fully saturated rings. The highest BCUT2D eigenvalue weighted by atomic mass is 16.5. The number of hydrogen-bond acceptors (Lipinski definition) is 4. The van der Waals surface area contributed by atoms with E-state index in [2.05, 4.69) is 0 Å². The van der Waals surface area contributed by atoms with Gasteiger partial charge in [-0.1, -0.05) is 6.07 Å². The monoisotopic (exact) mass is 259 g/mol. The molecule has 0 aliphatic carbocycles. The van der Waals surface area contributed by atoms with E-state index >= 15 is 0 Å². The predicted octanol–water partition coefficient (Wildman–Crippen LogP) is 2.54. The first-order valence-electron chi connectivity index (χ1n) is 5.94. The van der Waals surface area contributed by atoms with Crippen molar-refractivity contribution < 1.29 is 14.6 Å². The second-order valence-electron chi connectivity index (χ2n) is 4.11. The minimum absolute atomic E-state index is 0.207. The maximum absolute atomic E-state index is 9.66. The minimum atomic E-state index is 0.207. The van der Waals surface area contributed by atoms with Gasteiger partial charge >= 0.3 is 0 Å². The minimum Gasteiger partial charge on any atom is -0.508 e. The molecule has 19 heavy (non-hydrogen) atoms. The van der Waals surface area contributed by atoms with Gasteiger partial charge in [0.1, 0.15) is 17.2 Å². The van der Waals surface area contributed by atoms with Gasteiger partial charge in [-0.2, -0.15) is 0 Å². The summed E-state index contributed by atoms with van der Waals surface area (Å²) in [7, 11) is 3.23. The number of rotatable bonds is 4. The summed E-state index contributed by atoms with van der Waals surface area (Å²) in [6.07, 6.45) is 0. The quantitative estimate of drug-likeness (QED) is 0.885. The maximum Gasteiger partial charge on any atom is 0.130 e. The van der Waals surface area contributed by atoms with Crippen molar-refractivity contribution in [2.75, 3.05) is 14.2 Å². The number of phenolic OH excluding ortho intramolecular Hbond substituents is 1. The zero-order valence-electron chi connectivity index (χ0n) is 11.0. The first-order valence-corrected chi connectivity index (χ1v) is 5.94. The normalized spacial score (nSPS) is 10.3. The SMILES string of the molecule is COc1ccc(-c2ccc(O)c(CN)c2)c(OC)c1. The molecule has 4 heteroatoms. The molecule has 3 N–H and O–H groups in total. The Morgan fingerprint density at radius 2 is 1.84 bits per heavy atom. The van der Waals surface area contributed by atoms with E-state index < -0.39 is 0 Å². The molecule has 0 saturated carbocycles. The number of phenols is 1. The Kier molecular flexibility index (Phi) is 3.92. The molecule has 2 aromatic carbocycles. The third-order valence-corrected chi connectivity index (χ3v) is 3.02. The molecule has 0 atom stereocenters. The van der Waals surface area contributed by atoms with Crippen molar-refractivity contribution in [3.05, 3.63) is 42.0 Å². The molecule has 0 spiro atoms. The number of aromatic hydroxyl groups is 1. The second kappa shape index (κ2) is 5.63. The Morgan fingerprint density at radius 1 is 1.05 bits per heavy atom. The first-order chi connectivity index (χ1) is 9.19. The van der Waals surface area contributed by atoms with Crippen LogP contribution in [0.2, 0.25) is 0 Å². The van der Waals surface area contributed by atoms with Gasteiger partial charge in [0, 0.05) is 23.7 Å². The largest absolute Gasteiger partial charge is 0.508 e. The van der Waals surface area contributed by atoms with Crippen molar-refractivity contribution in [3.63, 3.8) is 0 Å². The fraction of sp³-hybridized carbons (Fsp3) is 0.200. The summed E-state index contributed by atoms with van der Waals surface area (Å²) in [5.41, 5.74) is 8.18. The van der Waals surface area contributed by atoms with Gasteiger partial charge in [0.2, 0.25) is 0 Å². The van der Waals surface area contributed by atoms with Crippen LogP contribution in [0.3, 0.4) is 0 Å². The first kappa shape index (κ1) is 13.2. The Labute approximate surface area is 112 Å². The molecular weight excluding hydrogens is 242 g/mol. The highest BCUT2D eigenvalue weighted by Crippen LogP contribution is 2.35. The Hall–Kier alpha value is -2.20. The van der Waals surface area contributed by atoms with Crippen LogP contribution in [0.15, 0.2) is 36.4 Å². The van der Waals surface area contributed by atoms with Gasteiger partial charge in [0.25, 0.3) is 0 Å². The van der Waals surface area contributed by atoms with Crippen LogP contribution in [0.4, 0.5) is 0 Å². The third kappa shape index (κ3) is 2.63. The van der Waals surface area contributed by atoms with Crippen molar-refractivity contribution in [3.8, 4) is 28.4 Å². The summed E-state index contributed by atoms with van der Waals surface area (Å²) in [5, 5.41) is 9.66. The van der Waals surface area contributed by atoms with Gasteiger partial charge in [0.15, 0.2) is 0 Å². The van der Waals surface area contributed by atoms with E-state index in [1.54, 1.807) is 20.3 Å². The Balaban J connectivity index is 2.52. The molecule has 2 rings (SSSR count). The van der Waals surface area contributed by atoms with Crippen LogP contribution in [-0.4, -0.2) is 19.3 Å². The van der Waals surface area contributed by atoms with Crippen LogP contribution in [0, 0.1) is 0 Å². The van der Waals surface area contributed by atoms with Crippen LogP contribution in [0.5, 0.6) is 17.2 Å². The molecule has 0 bridgehead atoms. The molecule has 0 radical (unpaired) electrons. The summed E-state index contributed by atoms with van der Waals surface area (Å²) in [5.74, 6) is 1.66. The smallest absolute Gasteiger partial charge is 0.130 e. The van der Waals surface area contributed by atoms with Crippen molar-refractivity contribution in [2.24, 2.45) is 5.73 Å². The maximum atomic E-state index is 9.66. The Bertz CT molecular complexity index is 582. The molecular formula is C15H17NO3. The van der Waals surface area contributed by atoms with E-state index in [-0.39, 0.29) is 12.3 Å². The number of benzene rings is 2. The molecule has 0 saturated heterocycles. The van der Waals surface area contributed by atoms with Crippen LogP contribution in [0.1, 0.15) is 5.56 Å². The topological polar surface area (TPSA) is 64.7 Å². The van der Waals surface area contributed by atoms with E-state index in [1.165, 1.54) is 0 Å². The number of methoxy groups -OCH3 is 2. The lowest BCUT2D eigenvalue weighted by atomic mass is 10.0. The van der Waals surface area contributed by atoms with E-state index in [4.69, 9.17) is 15.2 Å². The fourth-order valence-electron chi connectivity index (χ4n) is 1.95. The molecule has 0 heterocycles. The summed E-state index contributed by atoms with van der Waals surface area (Å²) in [6, 6.07) is 10.9. The van der Waals surface area contributed by atoms with E-state index in [1.807, 2.05) is 30.3 Å². The van der Waals surface area contributed by atoms with E-state index in [9.17, 15) is 5.11 Å². The van der Waals surface area contributed by atoms with Crippen molar-refractivity contribution >= 4 is 0 Å². The average Bonchev–Trinajstić information content (AvgIpc) is 2.47. The molecule has 0 amide bonds. The van der Waals surface area contributed by atoms with Crippen molar-refractivity contribution in [1.29, 1.82) is 0 Å². The van der Waals surface area contributed by atoms with Crippen LogP contribution in [-0.2, 0) is 6.54 Å². The lowest BCUT2D eigenvalue weighted by Gasteiger charge is -2.12. The Morgan fingerprint density at radius 3 is 2.47 bits per heavy atom. The van der Waals surface area contributed by atoms with Gasteiger partial charge in [-0.25, -0.2) is 0 Å². The van der Waals surface area contributed by atoms with Crippen LogP contribution in [0.25, 0.3) is 11.1 Å². The van der Waals surface area contributed by atoms with Gasteiger partial charge in [-0.05, 0) is 29.8 Å². The zero-order valence-corrected chi connectivity index (χ0v) is 11.0. The molecule has 2 aromatic rings. The summed E-state index contributed by atoms with van der Waals surface area (Å²) >= 11 is 0. The number of ether oxygens (including phenoxy) is 2. The lowest BCUT2D eigenvalue weighted by molar-refractivity contribution is 0.395. The fourth-order valence-corrected chi connectivity index (χ4v) is 1.95. The van der Waals surface area contributed by atoms with Crippen LogP contribution >= 0.6 is 0 Å². The van der Waals surface area contributed by atoms with Crippen molar-refractivity contribution in [2.45, 2.75) is 6.54 Å². The standard InChI is InChI=1S/C15H17NO3/c1-18-12-4-5-13(15(8-12)19-2)10-3-6-14(17)11(7-10)9-16/h3-8,17H,9,16H2,1-2H3. The lowest BCUT2D eigenvalue weighted by Crippen LogP contribution is -1.97. The summed E-state index contributed by atoms with van der Waals surface area (Å²) in [6.45, 7) is 0.290. The number of nitrogens with two attached hydrogens (primary N) is 1.